The number of hydrogen-bond acceptors (Lipinski definition) is 7. The summed E-state index contributed by atoms with van der Waals surface area (Å²) in [4.78, 5) is 27.5. The maximum atomic E-state index is 12.5. The average molecular weight is 428 g/mol. The van der Waals surface area contributed by atoms with Gasteiger partial charge in [-0.05, 0) is 44.0 Å². The monoisotopic (exact) mass is 427 g/mol. The normalized spacial score (nSPS) is 13.8. The van der Waals surface area contributed by atoms with Crippen LogP contribution in [0.25, 0.3) is 0 Å². The molecule has 0 bridgehead atoms. The van der Waals surface area contributed by atoms with Crippen LogP contribution >= 0.6 is 0 Å². The minimum absolute atomic E-state index is 0.0464. The van der Waals surface area contributed by atoms with Gasteiger partial charge in [0.1, 0.15) is 11.6 Å². The molecule has 162 valence electrons. The number of anilines is 3. The molecule has 1 fully saturated rings. The van der Waals surface area contributed by atoms with Crippen molar-refractivity contribution in [1.29, 1.82) is 0 Å². The SMILES string of the molecule is Cc1nc(N)nc(N2CCC(NC(=O)c3ccccc3)CC2)c1C#Cc1ccc(N)nc1. The molecule has 4 rings (SSSR count). The highest BCUT2D eigenvalue weighted by Crippen LogP contribution is 2.24. The highest BCUT2D eigenvalue weighted by molar-refractivity contribution is 5.94. The van der Waals surface area contributed by atoms with Crippen LogP contribution < -0.4 is 21.7 Å². The molecule has 8 nitrogen and oxygen atoms in total. The van der Waals surface area contributed by atoms with Gasteiger partial charge in [0.05, 0.1) is 11.3 Å². The van der Waals surface area contributed by atoms with Crippen molar-refractivity contribution in [1.82, 2.24) is 20.3 Å². The zero-order chi connectivity index (χ0) is 22.5. The fourth-order valence-electron chi connectivity index (χ4n) is 3.66. The number of carbonyl (C=O) groups excluding carboxylic acids is 1. The highest BCUT2D eigenvalue weighted by Gasteiger charge is 2.24. The van der Waals surface area contributed by atoms with Crippen molar-refractivity contribution in [2.75, 3.05) is 29.5 Å². The molecule has 0 spiro atoms. The number of hydrogen-bond donors (Lipinski definition) is 3. The maximum absolute atomic E-state index is 12.5. The van der Waals surface area contributed by atoms with Crippen LogP contribution in [0.1, 0.15) is 40.0 Å². The smallest absolute Gasteiger partial charge is 0.251 e. The molecule has 3 aromatic rings. The molecule has 2 aromatic heterocycles. The number of nitrogens with one attached hydrogen (secondary N) is 1. The molecule has 0 atom stereocenters. The van der Waals surface area contributed by atoms with Crippen LogP contribution in [0.15, 0.2) is 48.7 Å². The predicted octanol–water partition coefficient (Wildman–Crippen LogP) is 2.14. The van der Waals surface area contributed by atoms with Gasteiger partial charge in [-0.25, -0.2) is 9.97 Å². The van der Waals surface area contributed by atoms with Crippen molar-refractivity contribution in [3.05, 3.63) is 71.0 Å². The van der Waals surface area contributed by atoms with Crippen molar-refractivity contribution < 1.29 is 4.79 Å². The van der Waals surface area contributed by atoms with Gasteiger partial charge in [-0.2, -0.15) is 4.98 Å². The van der Waals surface area contributed by atoms with Crippen LogP contribution in [0.4, 0.5) is 17.6 Å². The average Bonchev–Trinajstić information content (AvgIpc) is 2.80. The molecule has 1 aliphatic heterocycles. The number of aryl methyl sites for hydroxylation is 1. The number of aromatic nitrogens is 3. The number of carbonyl (C=O) groups is 1. The van der Waals surface area contributed by atoms with Crippen molar-refractivity contribution in [2.45, 2.75) is 25.8 Å². The number of piperidine rings is 1. The highest BCUT2D eigenvalue weighted by atomic mass is 16.1. The van der Waals surface area contributed by atoms with Crippen molar-refractivity contribution in [3.63, 3.8) is 0 Å². The van der Waals surface area contributed by atoms with Gasteiger partial charge in [0, 0.05) is 36.5 Å². The Morgan fingerprint density at radius 3 is 2.50 bits per heavy atom. The third-order valence-electron chi connectivity index (χ3n) is 5.37. The molecule has 8 heteroatoms. The van der Waals surface area contributed by atoms with Gasteiger partial charge in [0.2, 0.25) is 5.95 Å². The van der Waals surface area contributed by atoms with Crippen molar-refractivity contribution in [2.24, 2.45) is 0 Å². The summed E-state index contributed by atoms with van der Waals surface area (Å²) in [5, 5.41) is 3.13. The van der Waals surface area contributed by atoms with Crippen molar-refractivity contribution >= 4 is 23.5 Å². The third-order valence-corrected chi connectivity index (χ3v) is 5.37. The predicted molar refractivity (Wildman–Crippen MR) is 125 cm³/mol. The van der Waals surface area contributed by atoms with E-state index in [4.69, 9.17) is 11.5 Å². The number of nitrogens with zero attached hydrogens (tertiary/aromatic N) is 4. The Morgan fingerprint density at radius 1 is 1.06 bits per heavy atom. The number of amides is 1. The number of nitrogens with two attached hydrogens (primary N) is 2. The van der Waals surface area contributed by atoms with E-state index >= 15 is 0 Å². The van der Waals surface area contributed by atoms with Gasteiger partial charge < -0.3 is 21.7 Å². The standard InChI is InChI=1S/C24H25N7O/c1-16-20(9-7-17-8-10-21(25)27-15-17)22(30-24(26)28-16)31-13-11-19(12-14-31)29-23(32)18-5-3-2-4-6-18/h2-6,8,10,15,19H,11-14H2,1H3,(H2,25,27)(H,29,32)(H2,26,28,30). The molecule has 0 unspecified atom stereocenters. The summed E-state index contributed by atoms with van der Waals surface area (Å²) in [6.07, 6.45) is 3.24. The van der Waals surface area contributed by atoms with Crippen LogP contribution in [-0.4, -0.2) is 40.0 Å². The Balaban J connectivity index is 1.48. The van der Waals surface area contributed by atoms with Gasteiger partial charge in [0.25, 0.3) is 5.91 Å². The van der Waals surface area contributed by atoms with E-state index in [2.05, 4.69) is 37.0 Å². The Morgan fingerprint density at radius 2 is 1.81 bits per heavy atom. The minimum Gasteiger partial charge on any atom is -0.384 e. The van der Waals surface area contributed by atoms with E-state index in [0.717, 1.165) is 48.6 Å². The first-order valence-electron chi connectivity index (χ1n) is 10.5. The quantitative estimate of drug-likeness (QED) is 0.547. The molecule has 1 amide bonds. The van der Waals surface area contributed by atoms with Crippen LogP contribution in [0.5, 0.6) is 0 Å². The molecule has 1 saturated heterocycles. The molecule has 0 radical (unpaired) electrons. The van der Waals surface area contributed by atoms with Crippen LogP contribution in [0.2, 0.25) is 0 Å². The maximum Gasteiger partial charge on any atom is 0.251 e. The zero-order valence-corrected chi connectivity index (χ0v) is 17.9. The lowest BCUT2D eigenvalue weighted by molar-refractivity contribution is 0.0931. The van der Waals surface area contributed by atoms with Gasteiger partial charge in [-0.3, -0.25) is 4.79 Å². The first-order chi connectivity index (χ1) is 15.5. The summed E-state index contributed by atoms with van der Waals surface area (Å²) >= 11 is 0. The lowest BCUT2D eigenvalue weighted by atomic mass is 10.0. The number of pyridine rings is 1. The molecular formula is C24H25N7O. The van der Waals surface area contributed by atoms with Crippen LogP contribution in [0, 0.1) is 18.8 Å². The molecular weight excluding hydrogens is 402 g/mol. The minimum atomic E-state index is -0.0464. The summed E-state index contributed by atoms with van der Waals surface area (Å²) < 4.78 is 0. The fourth-order valence-corrected chi connectivity index (χ4v) is 3.66. The van der Waals surface area contributed by atoms with E-state index in [1.807, 2.05) is 43.3 Å². The Bertz CT molecular complexity index is 1160. The second-order valence-electron chi connectivity index (χ2n) is 7.69. The van der Waals surface area contributed by atoms with Gasteiger partial charge >= 0.3 is 0 Å². The summed E-state index contributed by atoms with van der Waals surface area (Å²) in [6.45, 7) is 3.33. The Hall–Kier alpha value is -4.12. The summed E-state index contributed by atoms with van der Waals surface area (Å²) in [5.74, 6) is 7.64. The lowest BCUT2D eigenvalue weighted by Crippen LogP contribution is -2.45. The molecule has 0 aliphatic carbocycles. The van der Waals surface area contributed by atoms with Crippen molar-refractivity contribution in [3.8, 4) is 11.8 Å². The number of rotatable bonds is 3. The van der Waals surface area contributed by atoms with Gasteiger partial charge in [0.15, 0.2) is 0 Å². The summed E-state index contributed by atoms with van der Waals surface area (Å²) in [6, 6.07) is 12.9. The van der Waals surface area contributed by atoms with Crippen LogP contribution in [0.3, 0.4) is 0 Å². The van der Waals surface area contributed by atoms with Crippen LogP contribution in [-0.2, 0) is 0 Å². The molecule has 5 N–H and O–H groups in total. The molecule has 3 heterocycles. The van der Waals surface area contributed by atoms with E-state index in [1.165, 1.54) is 0 Å². The number of nitrogen functional groups attached to an aromatic ring is 2. The fraction of sp³-hybridized carbons (Fsp3) is 0.250. The first kappa shape index (κ1) is 21.1. The molecule has 32 heavy (non-hydrogen) atoms. The summed E-state index contributed by atoms with van der Waals surface area (Å²) in [7, 11) is 0. The summed E-state index contributed by atoms with van der Waals surface area (Å²) in [5.41, 5.74) is 14.5. The molecule has 1 aromatic carbocycles. The zero-order valence-electron chi connectivity index (χ0n) is 17.9. The van der Waals surface area contributed by atoms with E-state index in [9.17, 15) is 4.79 Å². The van der Waals surface area contributed by atoms with Gasteiger partial charge in [-0.1, -0.05) is 30.0 Å². The lowest BCUT2D eigenvalue weighted by Gasteiger charge is -2.34. The number of benzene rings is 1. The molecule has 1 aliphatic rings. The van der Waals surface area contributed by atoms with Gasteiger partial charge in [-0.15, -0.1) is 0 Å². The Kier molecular flexibility index (Phi) is 6.17. The van der Waals surface area contributed by atoms with E-state index < -0.39 is 0 Å². The second kappa shape index (κ2) is 9.35. The van der Waals surface area contributed by atoms with E-state index in [0.29, 0.717) is 11.4 Å². The topological polar surface area (TPSA) is 123 Å². The second-order valence-corrected chi connectivity index (χ2v) is 7.69. The molecule has 0 saturated carbocycles. The largest absolute Gasteiger partial charge is 0.384 e. The first-order valence-corrected chi connectivity index (χ1v) is 10.5. The Labute approximate surface area is 187 Å². The van der Waals surface area contributed by atoms with E-state index in [1.54, 1.807) is 12.3 Å². The third kappa shape index (κ3) is 4.95. The van der Waals surface area contributed by atoms with E-state index in [-0.39, 0.29) is 17.9 Å².